The zero-order valence-electron chi connectivity index (χ0n) is 9.61. The van der Waals surface area contributed by atoms with Crippen LogP contribution in [0, 0.1) is 6.92 Å². The molecule has 6 nitrogen and oxygen atoms in total. The van der Waals surface area contributed by atoms with E-state index in [-0.39, 0.29) is 15.9 Å². The van der Waals surface area contributed by atoms with E-state index in [4.69, 9.17) is 0 Å². The van der Waals surface area contributed by atoms with Gasteiger partial charge in [-0.15, -0.1) is 0 Å². The van der Waals surface area contributed by atoms with Gasteiger partial charge in [0.05, 0.1) is 12.1 Å². The number of H-pyrrole nitrogens is 1. The zero-order valence-corrected chi connectivity index (χ0v) is 11.8. The normalized spacial score (nSPS) is 10.3. The van der Waals surface area contributed by atoms with E-state index in [0.717, 1.165) is 5.69 Å². The summed E-state index contributed by atoms with van der Waals surface area (Å²) in [6.07, 6.45) is 3.36. The molecule has 0 saturated heterocycles. The number of nitrogens with zero attached hydrogens (tertiary/aromatic N) is 2. The highest BCUT2D eigenvalue weighted by molar-refractivity contribution is 14.1. The Balaban J connectivity index is 2.49. The molecule has 2 heterocycles. The molecule has 2 N–H and O–H groups in total. The van der Waals surface area contributed by atoms with Crippen molar-refractivity contribution in [3.8, 4) is 5.82 Å². The van der Waals surface area contributed by atoms with E-state index in [1.165, 1.54) is 6.07 Å². The van der Waals surface area contributed by atoms with Gasteiger partial charge < -0.3 is 10.3 Å². The molecule has 18 heavy (non-hydrogen) atoms. The summed E-state index contributed by atoms with van der Waals surface area (Å²) in [5, 5.41) is 6.70. The lowest BCUT2D eigenvalue weighted by molar-refractivity contribution is 0.262. The van der Waals surface area contributed by atoms with Crippen LogP contribution in [0.4, 0.5) is 4.79 Å². The van der Waals surface area contributed by atoms with Crippen LogP contribution in [0.1, 0.15) is 11.3 Å². The van der Waals surface area contributed by atoms with Crippen LogP contribution in [0.15, 0.2) is 29.3 Å². The third kappa shape index (κ3) is 2.78. The fourth-order valence-corrected chi connectivity index (χ4v) is 1.81. The van der Waals surface area contributed by atoms with E-state index < -0.39 is 0 Å². The van der Waals surface area contributed by atoms with Crippen molar-refractivity contribution in [2.75, 3.05) is 0 Å². The quantitative estimate of drug-likeness (QED) is 0.496. The Morgan fingerprint density at radius 1 is 1.61 bits per heavy atom. The highest BCUT2D eigenvalue weighted by Gasteiger charge is 2.11. The first kappa shape index (κ1) is 12.8. The lowest BCUT2D eigenvalue weighted by atomic mass is 10.2. The van der Waals surface area contributed by atoms with Crippen molar-refractivity contribution in [2.24, 2.45) is 0 Å². The second-order valence-electron chi connectivity index (χ2n) is 3.72. The molecular weight excluding hydrogens is 347 g/mol. The standard InChI is InChI=1S/C11H11IN4O2/c1-7-5-9(17)8(6-13-11(12)18)10(15-7)16-4-2-3-14-16/h2-5H,6H2,1H3,(H,13,18)(H,15,17). The molecule has 0 bridgehead atoms. The first-order valence-electron chi connectivity index (χ1n) is 5.24. The smallest absolute Gasteiger partial charge is 0.280 e. The molecule has 2 aromatic heterocycles. The van der Waals surface area contributed by atoms with Crippen molar-refractivity contribution in [3.63, 3.8) is 0 Å². The van der Waals surface area contributed by atoms with Crippen LogP contribution in [-0.2, 0) is 6.54 Å². The number of aromatic amines is 1. The molecule has 0 spiro atoms. The molecule has 0 fully saturated rings. The maximum absolute atomic E-state index is 12.0. The predicted octanol–water partition coefficient (Wildman–Crippen LogP) is 1.51. The van der Waals surface area contributed by atoms with Crippen LogP contribution < -0.4 is 10.7 Å². The van der Waals surface area contributed by atoms with Crippen molar-refractivity contribution in [1.29, 1.82) is 0 Å². The lowest BCUT2D eigenvalue weighted by Crippen LogP contribution is -2.24. The fourth-order valence-electron chi connectivity index (χ4n) is 1.62. The van der Waals surface area contributed by atoms with Gasteiger partial charge in [-0.25, -0.2) is 4.68 Å². The number of hydrogen-bond acceptors (Lipinski definition) is 3. The zero-order chi connectivity index (χ0) is 13.1. The van der Waals surface area contributed by atoms with E-state index in [9.17, 15) is 9.59 Å². The minimum Gasteiger partial charge on any atom is -0.343 e. The number of carbonyl (C=O) groups is 1. The van der Waals surface area contributed by atoms with Crippen LogP contribution in [0.5, 0.6) is 0 Å². The van der Waals surface area contributed by atoms with E-state index in [2.05, 4.69) is 15.4 Å². The number of aryl methyl sites for hydroxylation is 1. The van der Waals surface area contributed by atoms with Gasteiger partial charge in [0.1, 0.15) is 5.82 Å². The van der Waals surface area contributed by atoms with Gasteiger partial charge in [0.15, 0.2) is 5.43 Å². The topological polar surface area (TPSA) is 79.8 Å². The number of aromatic nitrogens is 3. The van der Waals surface area contributed by atoms with Crippen LogP contribution in [0.3, 0.4) is 0 Å². The minimum absolute atomic E-state index is 0.123. The molecular formula is C11H11IN4O2. The predicted molar refractivity (Wildman–Crippen MR) is 75.2 cm³/mol. The van der Waals surface area contributed by atoms with Crippen molar-refractivity contribution < 1.29 is 4.79 Å². The Hall–Kier alpha value is -1.64. The van der Waals surface area contributed by atoms with E-state index >= 15 is 0 Å². The van der Waals surface area contributed by atoms with Crippen molar-refractivity contribution in [2.45, 2.75) is 13.5 Å². The molecule has 0 unspecified atom stereocenters. The Morgan fingerprint density at radius 2 is 2.39 bits per heavy atom. The van der Waals surface area contributed by atoms with E-state index in [1.54, 1.807) is 52.7 Å². The summed E-state index contributed by atoms with van der Waals surface area (Å²) in [5.41, 5.74) is 1.10. The maximum Gasteiger partial charge on any atom is 0.280 e. The third-order valence-electron chi connectivity index (χ3n) is 2.38. The SMILES string of the molecule is Cc1cc(=O)c(CNC(=O)I)c(-n2cccn2)[nH]1. The average molecular weight is 358 g/mol. The Labute approximate surface area is 117 Å². The summed E-state index contributed by atoms with van der Waals surface area (Å²) >= 11 is 1.63. The summed E-state index contributed by atoms with van der Waals surface area (Å²) in [4.78, 5) is 26.0. The summed E-state index contributed by atoms with van der Waals surface area (Å²) in [6, 6.07) is 3.27. The number of pyridine rings is 1. The second-order valence-corrected chi connectivity index (χ2v) is 4.70. The average Bonchev–Trinajstić information content (AvgIpc) is 2.79. The molecule has 7 heteroatoms. The molecule has 2 rings (SSSR count). The summed E-state index contributed by atoms with van der Waals surface area (Å²) in [6.45, 7) is 1.97. The van der Waals surface area contributed by atoms with Gasteiger partial charge in [0.25, 0.3) is 3.91 Å². The van der Waals surface area contributed by atoms with Gasteiger partial charge in [-0.3, -0.25) is 9.59 Å². The number of rotatable bonds is 3. The van der Waals surface area contributed by atoms with Gasteiger partial charge in [-0.05, 0) is 13.0 Å². The first-order chi connectivity index (χ1) is 8.58. The van der Waals surface area contributed by atoms with Gasteiger partial charge in [0, 0.05) is 46.7 Å². The monoisotopic (exact) mass is 358 g/mol. The van der Waals surface area contributed by atoms with Gasteiger partial charge in [-0.1, -0.05) is 0 Å². The molecule has 1 amide bonds. The number of halogens is 1. The number of carbonyl (C=O) groups excluding carboxylic acids is 1. The first-order valence-corrected chi connectivity index (χ1v) is 6.32. The molecule has 0 atom stereocenters. The molecule has 2 aromatic rings. The van der Waals surface area contributed by atoms with E-state index in [1.807, 2.05) is 0 Å². The second kappa shape index (κ2) is 5.34. The van der Waals surface area contributed by atoms with Gasteiger partial charge in [0.2, 0.25) is 0 Å². The third-order valence-corrected chi connectivity index (χ3v) is 2.77. The van der Waals surface area contributed by atoms with E-state index in [0.29, 0.717) is 11.4 Å². The van der Waals surface area contributed by atoms with Crippen LogP contribution in [0.2, 0.25) is 0 Å². The number of hydrogen-bond donors (Lipinski definition) is 2. The highest BCUT2D eigenvalue weighted by atomic mass is 127. The Kier molecular flexibility index (Phi) is 3.80. The fraction of sp³-hybridized carbons (Fsp3) is 0.182. The minimum atomic E-state index is -0.209. The molecule has 0 aliphatic carbocycles. The summed E-state index contributed by atoms with van der Waals surface area (Å²) < 4.78 is 1.36. The molecule has 0 radical (unpaired) electrons. The van der Waals surface area contributed by atoms with Gasteiger partial charge in [-0.2, -0.15) is 5.10 Å². The summed E-state index contributed by atoms with van der Waals surface area (Å²) in [7, 11) is 0. The maximum atomic E-state index is 12.0. The molecule has 94 valence electrons. The van der Waals surface area contributed by atoms with Gasteiger partial charge >= 0.3 is 0 Å². The summed E-state index contributed by atoms with van der Waals surface area (Å²) in [5.74, 6) is 0.579. The van der Waals surface area contributed by atoms with Crippen molar-refractivity contribution in [3.05, 3.63) is 46.0 Å². The Morgan fingerprint density at radius 3 is 3.00 bits per heavy atom. The van der Waals surface area contributed by atoms with Crippen LogP contribution in [-0.4, -0.2) is 18.7 Å². The Bertz CT molecular complexity index is 618. The molecule has 0 aromatic carbocycles. The van der Waals surface area contributed by atoms with Crippen LogP contribution >= 0.6 is 22.6 Å². The van der Waals surface area contributed by atoms with Crippen molar-refractivity contribution >= 4 is 26.5 Å². The van der Waals surface area contributed by atoms with Crippen LogP contribution in [0.25, 0.3) is 5.82 Å². The largest absolute Gasteiger partial charge is 0.343 e. The number of nitrogens with one attached hydrogen (secondary N) is 2. The molecule has 0 aliphatic rings. The van der Waals surface area contributed by atoms with Crippen molar-refractivity contribution in [1.82, 2.24) is 20.1 Å². The molecule has 0 aliphatic heterocycles. The number of amides is 1. The highest BCUT2D eigenvalue weighted by Crippen LogP contribution is 2.08. The molecule has 0 saturated carbocycles. The lowest BCUT2D eigenvalue weighted by Gasteiger charge is -2.10.